The van der Waals surface area contributed by atoms with Gasteiger partial charge in [0.25, 0.3) is 5.91 Å². The summed E-state index contributed by atoms with van der Waals surface area (Å²) >= 11 is 11.9. The molecule has 0 bridgehead atoms. The lowest BCUT2D eigenvalue weighted by Gasteiger charge is -2.23. The molecule has 0 atom stereocenters. The van der Waals surface area contributed by atoms with E-state index in [1.165, 1.54) is 6.07 Å². The van der Waals surface area contributed by atoms with E-state index in [9.17, 15) is 9.59 Å². The summed E-state index contributed by atoms with van der Waals surface area (Å²) in [5.74, 6) is 0.257. The molecule has 1 fully saturated rings. The predicted octanol–water partition coefficient (Wildman–Crippen LogP) is 3.92. The van der Waals surface area contributed by atoms with Crippen LogP contribution in [-0.4, -0.2) is 36.4 Å². The van der Waals surface area contributed by atoms with Gasteiger partial charge in [0.1, 0.15) is 5.75 Å². The normalized spacial score (nSPS) is 13.1. The van der Waals surface area contributed by atoms with E-state index in [0.29, 0.717) is 17.1 Å². The number of halogens is 2. The van der Waals surface area contributed by atoms with Gasteiger partial charge in [-0.1, -0.05) is 35.3 Å². The van der Waals surface area contributed by atoms with E-state index in [2.05, 4.69) is 5.32 Å². The molecular weight excluding hydrogens is 387 g/mol. The number of hydrogen-bond donors (Lipinski definition) is 1. The van der Waals surface area contributed by atoms with Gasteiger partial charge in [-0.3, -0.25) is 9.59 Å². The molecule has 27 heavy (non-hydrogen) atoms. The molecule has 1 N–H and O–H groups in total. The minimum Gasteiger partial charge on any atom is -0.497 e. The molecule has 0 spiro atoms. The zero-order chi connectivity index (χ0) is 19.4. The summed E-state index contributed by atoms with van der Waals surface area (Å²) in [6.07, 6.45) is 1.97. The number of nitrogens with one attached hydrogen (secondary N) is 1. The second-order valence-electron chi connectivity index (χ2n) is 6.41. The van der Waals surface area contributed by atoms with Crippen LogP contribution in [0.25, 0.3) is 0 Å². The fourth-order valence-electron chi connectivity index (χ4n) is 2.76. The maximum absolute atomic E-state index is 12.7. The Balaban J connectivity index is 1.60. The van der Waals surface area contributed by atoms with Crippen molar-refractivity contribution in [2.24, 2.45) is 0 Å². The molecule has 1 aliphatic carbocycles. The first-order chi connectivity index (χ1) is 13.0. The van der Waals surface area contributed by atoms with Crippen molar-refractivity contribution in [3.8, 4) is 5.75 Å². The number of benzene rings is 2. The van der Waals surface area contributed by atoms with E-state index in [-0.39, 0.29) is 23.5 Å². The molecule has 7 heteroatoms. The third-order valence-electron chi connectivity index (χ3n) is 4.40. The molecule has 142 valence electrons. The number of carbonyl (C=O) groups is 2. The van der Waals surface area contributed by atoms with Gasteiger partial charge in [-0.2, -0.15) is 0 Å². The number of methoxy groups -OCH3 is 1. The minimum atomic E-state index is -0.398. The zero-order valence-electron chi connectivity index (χ0n) is 14.9. The van der Waals surface area contributed by atoms with Crippen LogP contribution in [0.4, 0.5) is 0 Å². The average Bonchev–Trinajstić information content (AvgIpc) is 3.49. The maximum Gasteiger partial charge on any atom is 0.253 e. The van der Waals surface area contributed by atoms with E-state index in [1.807, 2.05) is 29.2 Å². The smallest absolute Gasteiger partial charge is 0.253 e. The first-order valence-electron chi connectivity index (χ1n) is 8.63. The van der Waals surface area contributed by atoms with Gasteiger partial charge in [-0.25, -0.2) is 0 Å². The predicted molar refractivity (Wildman–Crippen MR) is 105 cm³/mol. The molecule has 5 nitrogen and oxygen atoms in total. The molecule has 1 saturated carbocycles. The molecule has 0 aromatic heterocycles. The van der Waals surface area contributed by atoms with Gasteiger partial charge in [-0.15, -0.1) is 0 Å². The molecule has 2 aromatic rings. The fourth-order valence-corrected chi connectivity index (χ4v) is 3.26. The molecule has 0 saturated heterocycles. The number of nitrogens with zero attached hydrogens (tertiary/aromatic N) is 1. The Bertz CT molecular complexity index is 836. The Hall–Kier alpha value is -2.24. The van der Waals surface area contributed by atoms with Crippen LogP contribution in [0.1, 0.15) is 28.8 Å². The Morgan fingerprint density at radius 3 is 2.44 bits per heavy atom. The van der Waals surface area contributed by atoms with E-state index in [0.717, 1.165) is 24.2 Å². The summed E-state index contributed by atoms with van der Waals surface area (Å²) in [5, 5.41) is 3.35. The Kier molecular flexibility index (Phi) is 6.24. The van der Waals surface area contributed by atoms with Crippen LogP contribution in [0.3, 0.4) is 0 Å². The quantitative estimate of drug-likeness (QED) is 0.757. The van der Waals surface area contributed by atoms with Crippen LogP contribution in [0.15, 0.2) is 42.5 Å². The highest BCUT2D eigenvalue weighted by molar-refractivity contribution is 6.36. The summed E-state index contributed by atoms with van der Waals surface area (Å²) in [5.41, 5.74) is 1.31. The van der Waals surface area contributed by atoms with Crippen LogP contribution in [0, 0.1) is 0 Å². The number of ether oxygens (including phenoxy) is 1. The van der Waals surface area contributed by atoms with Crippen molar-refractivity contribution in [3.63, 3.8) is 0 Å². The van der Waals surface area contributed by atoms with Gasteiger partial charge in [-0.05, 0) is 48.7 Å². The highest BCUT2D eigenvalue weighted by Gasteiger charge is 2.32. The lowest BCUT2D eigenvalue weighted by molar-refractivity contribution is -0.131. The van der Waals surface area contributed by atoms with Crippen molar-refractivity contribution in [2.75, 3.05) is 13.7 Å². The van der Waals surface area contributed by atoms with Crippen molar-refractivity contribution in [1.82, 2.24) is 10.2 Å². The van der Waals surface area contributed by atoms with Crippen LogP contribution in [0.2, 0.25) is 10.0 Å². The van der Waals surface area contributed by atoms with E-state index >= 15 is 0 Å². The van der Waals surface area contributed by atoms with E-state index < -0.39 is 5.91 Å². The van der Waals surface area contributed by atoms with Gasteiger partial charge in [0.15, 0.2) is 0 Å². The fraction of sp³-hybridized carbons (Fsp3) is 0.300. The molecule has 0 aliphatic heterocycles. The van der Waals surface area contributed by atoms with E-state index in [4.69, 9.17) is 27.9 Å². The van der Waals surface area contributed by atoms with Crippen LogP contribution >= 0.6 is 23.2 Å². The molecule has 2 amide bonds. The maximum atomic E-state index is 12.7. The topological polar surface area (TPSA) is 58.6 Å². The zero-order valence-corrected chi connectivity index (χ0v) is 16.4. The largest absolute Gasteiger partial charge is 0.497 e. The molecular formula is C20H20Cl2N2O3. The number of amides is 2. The van der Waals surface area contributed by atoms with Gasteiger partial charge >= 0.3 is 0 Å². The summed E-state index contributed by atoms with van der Waals surface area (Å²) < 4.78 is 5.16. The van der Waals surface area contributed by atoms with Crippen molar-refractivity contribution >= 4 is 35.0 Å². The highest BCUT2D eigenvalue weighted by atomic mass is 35.5. The summed E-state index contributed by atoms with van der Waals surface area (Å²) in [7, 11) is 1.62. The summed E-state index contributed by atoms with van der Waals surface area (Å²) in [6.45, 7) is 0.426. The number of hydrogen-bond acceptors (Lipinski definition) is 3. The van der Waals surface area contributed by atoms with Crippen LogP contribution < -0.4 is 10.1 Å². The minimum absolute atomic E-state index is 0.0789. The van der Waals surface area contributed by atoms with Gasteiger partial charge in [0.05, 0.1) is 24.2 Å². The Morgan fingerprint density at radius 1 is 1.15 bits per heavy atom. The van der Waals surface area contributed by atoms with Crippen molar-refractivity contribution < 1.29 is 14.3 Å². The Labute approximate surface area is 168 Å². The highest BCUT2D eigenvalue weighted by Crippen LogP contribution is 2.29. The molecule has 1 aliphatic rings. The lowest BCUT2D eigenvalue weighted by Crippen LogP contribution is -2.41. The third kappa shape index (κ3) is 5.15. The summed E-state index contributed by atoms with van der Waals surface area (Å²) in [4.78, 5) is 26.8. The summed E-state index contributed by atoms with van der Waals surface area (Å²) in [6, 6.07) is 12.5. The lowest BCUT2D eigenvalue weighted by atomic mass is 10.2. The standard InChI is InChI=1S/C20H20Cl2N2O3/c1-27-16-7-2-13(3-8-16)12-24(15-5-6-15)19(25)11-23-20(26)17-9-4-14(21)10-18(17)22/h2-4,7-10,15H,5-6,11-12H2,1H3,(H,23,26). The number of carbonyl (C=O) groups excluding carboxylic acids is 2. The monoisotopic (exact) mass is 406 g/mol. The first-order valence-corrected chi connectivity index (χ1v) is 9.39. The van der Waals surface area contributed by atoms with Gasteiger partial charge in [0.2, 0.25) is 5.91 Å². The third-order valence-corrected chi connectivity index (χ3v) is 4.94. The van der Waals surface area contributed by atoms with Gasteiger partial charge < -0.3 is 15.0 Å². The van der Waals surface area contributed by atoms with Gasteiger partial charge in [0, 0.05) is 17.6 Å². The molecule has 0 radical (unpaired) electrons. The van der Waals surface area contributed by atoms with Crippen molar-refractivity contribution in [3.05, 3.63) is 63.6 Å². The van der Waals surface area contributed by atoms with Crippen LogP contribution in [0.5, 0.6) is 5.75 Å². The van der Waals surface area contributed by atoms with Crippen molar-refractivity contribution in [2.45, 2.75) is 25.4 Å². The second kappa shape index (κ2) is 8.63. The molecule has 3 rings (SSSR count). The SMILES string of the molecule is COc1ccc(CN(C(=O)CNC(=O)c2ccc(Cl)cc2Cl)C2CC2)cc1. The Morgan fingerprint density at radius 2 is 1.85 bits per heavy atom. The van der Waals surface area contributed by atoms with E-state index in [1.54, 1.807) is 19.2 Å². The van der Waals surface area contributed by atoms with Crippen LogP contribution in [-0.2, 0) is 11.3 Å². The average molecular weight is 407 g/mol. The molecule has 0 heterocycles. The molecule has 2 aromatic carbocycles. The van der Waals surface area contributed by atoms with Crippen molar-refractivity contribution in [1.29, 1.82) is 0 Å². The number of rotatable bonds is 7. The second-order valence-corrected chi connectivity index (χ2v) is 7.25. The molecule has 0 unspecified atom stereocenters. The first kappa shape index (κ1) is 19.5.